The minimum atomic E-state index is -0.763. The number of rotatable bonds is 5. The maximum atomic E-state index is 10.9. The number of aliphatic hydroxyl groups is 1. The maximum Gasteiger partial charge on any atom is 0.0970 e. The average Bonchev–Trinajstić information content (AvgIpc) is 3.27. The molecular weight excluding hydrogens is 316 g/mol. The van der Waals surface area contributed by atoms with E-state index < -0.39 is 5.60 Å². The standard InChI is InChI=1S/C18H22N6O/c25-18(15-23-10-8-19-21-23)7-4-9-22(14-18)12-16-11-20-24(13-16)17-5-2-1-3-6-17/h1-3,5-6,8,10-11,13,25H,4,7,9,12,14-15H2. The molecule has 1 fully saturated rings. The van der Waals surface area contributed by atoms with E-state index in [2.05, 4.69) is 26.5 Å². The van der Waals surface area contributed by atoms with Crippen LogP contribution in [0.15, 0.2) is 55.1 Å². The highest BCUT2D eigenvalue weighted by atomic mass is 16.3. The number of piperidine rings is 1. The normalized spacial score (nSPS) is 21.5. The Labute approximate surface area is 146 Å². The number of hydrogen-bond donors (Lipinski definition) is 1. The first kappa shape index (κ1) is 16.0. The van der Waals surface area contributed by atoms with Crippen LogP contribution >= 0.6 is 0 Å². The molecule has 0 spiro atoms. The molecule has 25 heavy (non-hydrogen) atoms. The molecule has 1 saturated heterocycles. The monoisotopic (exact) mass is 338 g/mol. The third-order valence-corrected chi connectivity index (χ3v) is 4.63. The van der Waals surface area contributed by atoms with Crippen molar-refractivity contribution in [3.05, 3.63) is 60.7 Å². The third kappa shape index (κ3) is 3.78. The van der Waals surface area contributed by atoms with Crippen LogP contribution in [0.1, 0.15) is 18.4 Å². The van der Waals surface area contributed by atoms with Gasteiger partial charge < -0.3 is 5.11 Å². The van der Waals surface area contributed by atoms with Crippen LogP contribution < -0.4 is 0 Å². The summed E-state index contributed by atoms with van der Waals surface area (Å²) >= 11 is 0. The number of likely N-dealkylation sites (tertiary alicyclic amines) is 1. The molecule has 2 aromatic heterocycles. The summed E-state index contributed by atoms with van der Waals surface area (Å²) in [6, 6.07) is 10.1. The Hall–Kier alpha value is -2.51. The summed E-state index contributed by atoms with van der Waals surface area (Å²) in [5.41, 5.74) is 1.44. The Morgan fingerprint density at radius 3 is 2.88 bits per heavy atom. The van der Waals surface area contributed by atoms with Gasteiger partial charge >= 0.3 is 0 Å². The average molecular weight is 338 g/mol. The molecule has 0 radical (unpaired) electrons. The number of β-amino-alcohol motifs (C(OH)–C–C–N with tert-alkyl or cyclic N) is 1. The molecule has 1 aliphatic rings. The SMILES string of the molecule is OC1(Cn2ccnn2)CCCN(Cc2cnn(-c3ccccc3)c2)C1. The molecule has 0 aliphatic carbocycles. The molecule has 0 bridgehead atoms. The summed E-state index contributed by atoms with van der Waals surface area (Å²) in [6.07, 6.45) is 9.14. The molecule has 1 N–H and O–H groups in total. The quantitative estimate of drug-likeness (QED) is 0.763. The molecule has 1 unspecified atom stereocenters. The lowest BCUT2D eigenvalue weighted by molar-refractivity contribution is -0.0478. The molecular formula is C18H22N6O. The Kier molecular flexibility index (Phi) is 4.33. The smallest absolute Gasteiger partial charge is 0.0970 e. The lowest BCUT2D eigenvalue weighted by Gasteiger charge is -2.38. The number of aromatic nitrogens is 5. The molecule has 7 nitrogen and oxygen atoms in total. The van der Waals surface area contributed by atoms with Gasteiger partial charge in [0.2, 0.25) is 0 Å². The second kappa shape index (κ2) is 6.78. The molecule has 0 saturated carbocycles. The Morgan fingerprint density at radius 2 is 2.08 bits per heavy atom. The van der Waals surface area contributed by atoms with Crippen molar-refractivity contribution in [3.8, 4) is 5.69 Å². The lowest BCUT2D eigenvalue weighted by Crippen LogP contribution is -2.50. The van der Waals surface area contributed by atoms with Gasteiger partial charge in [0.05, 0.1) is 30.2 Å². The number of benzene rings is 1. The van der Waals surface area contributed by atoms with Gasteiger partial charge in [-0.25, -0.2) is 9.36 Å². The third-order valence-electron chi connectivity index (χ3n) is 4.63. The van der Waals surface area contributed by atoms with Gasteiger partial charge in [-0.05, 0) is 31.5 Å². The van der Waals surface area contributed by atoms with Gasteiger partial charge in [0.25, 0.3) is 0 Å². The Morgan fingerprint density at radius 1 is 1.20 bits per heavy atom. The highest BCUT2D eigenvalue weighted by molar-refractivity contribution is 5.30. The van der Waals surface area contributed by atoms with E-state index in [0.717, 1.165) is 37.2 Å². The molecule has 130 valence electrons. The molecule has 4 rings (SSSR count). The van der Waals surface area contributed by atoms with E-state index in [1.54, 1.807) is 17.1 Å². The van der Waals surface area contributed by atoms with Gasteiger partial charge in [-0.2, -0.15) is 5.10 Å². The zero-order valence-electron chi connectivity index (χ0n) is 14.1. The zero-order chi connectivity index (χ0) is 17.1. The van der Waals surface area contributed by atoms with Crippen molar-refractivity contribution in [2.75, 3.05) is 13.1 Å². The summed E-state index contributed by atoms with van der Waals surface area (Å²) in [7, 11) is 0. The summed E-state index contributed by atoms with van der Waals surface area (Å²) in [4.78, 5) is 2.28. The fourth-order valence-corrected chi connectivity index (χ4v) is 3.51. The number of nitrogens with zero attached hydrogens (tertiary/aromatic N) is 6. The van der Waals surface area contributed by atoms with Gasteiger partial charge in [-0.3, -0.25) is 4.90 Å². The van der Waals surface area contributed by atoms with E-state index in [1.165, 1.54) is 0 Å². The first-order valence-corrected chi connectivity index (χ1v) is 8.58. The first-order chi connectivity index (χ1) is 12.2. The van der Waals surface area contributed by atoms with Crippen molar-refractivity contribution in [2.45, 2.75) is 31.5 Å². The van der Waals surface area contributed by atoms with Crippen LogP contribution in [0, 0.1) is 0 Å². The van der Waals surface area contributed by atoms with Crippen LogP contribution in [0.2, 0.25) is 0 Å². The van der Waals surface area contributed by atoms with Gasteiger partial charge in [0.15, 0.2) is 0 Å². The van der Waals surface area contributed by atoms with Crippen LogP contribution in [0.25, 0.3) is 5.69 Å². The first-order valence-electron chi connectivity index (χ1n) is 8.58. The molecule has 1 aromatic carbocycles. The maximum absolute atomic E-state index is 10.9. The van der Waals surface area contributed by atoms with Crippen molar-refractivity contribution < 1.29 is 5.11 Å². The zero-order valence-corrected chi connectivity index (χ0v) is 14.1. The molecule has 3 aromatic rings. The summed E-state index contributed by atoms with van der Waals surface area (Å²) in [6.45, 7) is 2.87. The number of para-hydroxylation sites is 1. The minimum absolute atomic E-state index is 0.479. The van der Waals surface area contributed by atoms with Crippen LogP contribution in [0.5, 0.6) is 0 Å². The fraction of sp³-hybridized carbons (Fsp3) is 0.389. The molecule has 1 atom stereocenters. The van der Waals surface area contributed by atoms with Crippen molar-refractivity contribution >= 4 is 0 Å². The second-order valence-electron chi connectivity index (χ2n) is 6.77. The van der Waals surface area contributed by atoms with Crippen molar-refractivity contribution in [3.63, 3.8) is 0 Å². The molecule has 0 amide bonds. The van der Waals surface area contributed by atoms with E-state index in [4.69, 9.17) is 0 Å². The Bertz CT molecular complexity index is 800. The van der Waals surface area contributed by atoms with Crippen molar-refractivity contribution in [1.82, 2.24) is 29.7 Å². The lowest BCUT2D eigenvalue weighted by atomic mass is 9.92. The predicted molar refractivity (Wildman–Crippen MR) is 93.0 cm³/mol. The van der Waals surface area contributed by atoms with Gasteiger partial charge in [-0.15, -0.1) is 5.10 Å². The van der Waals surface area contributed by atoms with Crippen molar-refractivity contribution in [1.29, 1.82) is 0 Å². The van der Waals surface area contributed by atoms with Gasteiger partial charge in [0.1, 0.15) is 0 Å². The van der Waals surface area contributed by atoms with Gasteiger partial charge in [0, 0.05) is 31.0 Å². The highest BCUT2D eigenvalue weighted by Crippen LogP contribution is 2.24. The van der Waals surface area contributed by atoms with E-state index in [0.29, 0.717) is 13.1 Å². The fourth-order valence-electron chi connectivity index (χ4n) is 3.51. The summed E-state index contributed by atoms with van der Waals surface area (Å²) in [5, 5.41) is 23.2. The van der Waals surface area contributed by atoms with Crippen LogP contribution in [0.3, 0.4) is 0 Å². The van der Waals surface area contributed by atoms with Crippen molar-refractivity contribution in [2.24, 2.45) is 0 Å². The predicted octanol–water partition coefficient (Wildman–Crippen LogP) is 1.49. The van der Waals surface area contributed by atoms with E-state index >= 15 is 0 Å². The van der Waals surface area contributed by atoms with Gasteiger partial charge in [-0.1, -0.05) is 23.4 Å². The second-order valence-corrected chi connectivity index (χ2v) is 6.77. The summed E-state index contributed by atoms with van der Waals surface area (Å²) in [5.74, 6) is 0. The van der Waals surface area contributed by atoms with Crippen LogP contribution in [-0.4, -0.2) is 53.5 Å². The minimum Gasteiger partial charge on any atom is -0.387 e. The number of hydrogen-bond acceptors (Lipinski definition) is 5. The molecule has 3 heterocycles. The van der Waals surface area contributed by atoms with Crippen LogP contribution in [0.4, 0.5) is 0 Å². The van der Waals surface area contributed by atoms with E-state index in [-0.39, 0.29) is 0 Å². The largest absolute Gasteiger partial charge is 0.387 e. The molecule has 1 aliphatic heterocycles. The Balaban J connectivity index is 1.42. The summed E-state index contributed by atoms with van der Waals surface area (Å²) < 4.78 is 3.60. The van der Waals surface area contributed by atoms with Crippen LogP contribution in [-0.2, 0) is 13.1 Å². The topological polar surface area (TPSA) is 72.0 Å². The van der Waals surface area contributed by atoms with E-state index in [9.17, 15) is 5.11 Å². The van der Waals surface area contributed by atoms with E-state index in [1.807, 2.05) is 41.2 Å². The highest BCUT2D eigenvalue weighted by Gasteiger charge is 2.34. The molecule has 7 heteroatoms.